The van der Waals surface area contributed by atoms with Crippen molar-refractivity contribution in [1.82, 2.24) is 62.4 Å². The molecule has 11 bridgehead atoms. The third-order valence-corrected chi connectivity index (χ3v) is 24.5. The molecular weight excluding hydrogens is 1820 g/mol. The van der Waals surface area contributed by atoms with Crippen molar-refractivity contribution in [2.45, 2.75) is 202 Å². The number of nitrogens with zero attached hydrogens (tertiary/aromatic N) is 4. The summed E-state index contributed by atoms with van der Waals surface area (Å²) in [5, 5.41) is 153. The monoisotopic (exact) mass is 1930 g/mol. The molecule has 8 aromatic carbocycles. The Morgan fingerprint density at radius 3 is 2.00 bits per heavy atom. The number of anilines is 1. The normalized spacial score (nSPS) is 24.9. The van der Waals surface area contributed by atoms with Crippen LogP contribution in [0.2, 0.25) is 10.0 Å². The molecule has 18 atom stereocenters. The second kappa shape index (κ2) is 41.8. The van der Waals surface area contributed by atoms with E-state index >= 15 is 24.0 Å². The number of carbonyl (C=O) groups is 9. The number of aliphatic carboxylic acids is 1. The molecule has 0 radical (unpaired) electrons. The maximum Gasteiger partial charge on any atom is 0.412 e. The number of hydrogen-bond acceptors (Lipinski definition) is 30. The Kier molecular flexibility index (Phi) is 30.4. The fourth-order valence-corrected chi connectivity index (χ4v) is 17.4. The summed E-state index contributed by atoms with van der Waals surface area (Å²) in [5.41, 5.74) is 4.07. The van der Waals surface area contributed by atoms with Crippen LogP contribution in [-0.2, 0) is 76.9 Å². The van der Waals surface area contributed by atoms with Crippen LogP contribution >= 0.6 is 23.2 Å². The minimum Gasteiger partial charge on any atom is -0.507 e. The number of aliphatic hydroxyl groups is 6. The first-order valence-electron chi connectivity index (χ1n) is 43.8. The van der Waals surface area contributed by atoms with Gasteiger partial charge in [-0.15, -0.1) is 5.10 Å². The molecule has 2 fully saturated rings. The number of likely N-dealkylation sites (N-methyl/N-ethyl adjacent to an activating group) is 1. The van der Waals surface area contributed by atoms with Gasteiger partial charge in [0.05, 0.1) is 64.5 Å². The largest absolute Gasteiger partial charge is 0.507 e. The van der Waals surface area contributed by atoms with E-state index in [1.807, 2.05) is 68.4 Å². The number of amides is 8. The number of aliphatic hydroxyl groups excluding tert-OH is 6. The van der Waals surface area contributed by atoms with Gasteiger partial charge in [0.2, 0.25) is 53.4 Å². The van der Waals surface area contributed by atoms with Crippen LogP contribution in [0.25, 0.3) is 27.9 Å². The lowest BCUT2D eigenvalue weighted by Gasteiger charge is -2.48. The van der Waals surface area contributed by atoms with Crippen molar-refractivity contribution in [2.24, 2.45) is 11.7 Å². The molecule has 0 unspecified atom stereocenters. The highest BCUT2D eigenvalue weighted by molar-refractivity contribution is 6.32. The van der Waals surface area contributed by atoms with Crippen LogP contribution < -0.4 is 67.8 Å². The van der Waals surface area contributed by atoms with Gasteiger partial charge in [-0.25, -0.2) is 14.3 Å². The minimum absolute atomic E-state index is 0.0800. The van der Waals surface area contributed by atoms with Crippen LogP contribution in [0, 0.1) is 5.92 Å². The molecule has 137 heavy (non-hydrogen) atoms. The molecule has 2 saturated heterocycles. The zero-order valence-corrected chi connectivity index (χ0v) is 77.0. The molecule has 42 heteroatoms. The van der Waals surface area contributed by atoms with Gasteiger partial charge in [0.25, 0.3) is 0 Å². The molecule has 16 rings (SSSR count). The third-order valence-electron chi connectivity index (χ3n) is 24.0. The Balaban J connectivity index is 0.915. The summed E-state index contributed by atoms with van der Waals surface area (Å²) >= 11 is 14.5. The topological polar surface area (TPSA) is 589 Å². The number of hydrogen-bond donors (Lipinski definition) is 20. The van der Waals surface area contributed by atoms with E-state index in [-0.39, 0.29) is 59.3 Å². The predicted octanol–water partition coefficient (Wildman–Crippen LogP) is 6.16. The number of aromatic nitrogens is 3. The van der Waals surface area contributed by atoms with Gasteiger partial charge in [0, 0.05) is 54.0 Å². The number of carbonyl (C=O) groups excluding carboxylic acids is 8. The molecule has 21 N–H and O–H groups in total. The van der Waals surface area contributed by atoms with E-state index in [2.05, 4.69) is 58.2 Å². The summed E-state index contributed by atoms with van der Waals surface area (Å²) in [7, 11) is 3.02. The van der Waals surface area contributed by atoms with Crippen molar-refractivity contribution >= 4 is 82.3 Å². The standard InChI is InChI=1S/C95H106Cl2N14O26/c1-43(2)28-60(99-8)85(122)106-75-77(116)47-23-26-64(58(96)30-47)132-66-32-50-33-67(82(66)136-92-83(81(120)80(119)68(42-112)134-92)135-70-37-95(7,84(121)44(3)131-70)100-38-49-18-13-14-21-54(49)45-16-11-10-12-17-45)133-65-27-24-48(31-59(65)97)78(117)76-90(127)105-74(91(128)129)56-35-63(114)57(41-110(9)39-52-40-111(109-108-52)53-20-15-19-51(34-53)101-93(130)137-94(4,5)6)79(118)71(56)55-29-46(22-25-62(55)113)72(87(124)107-76)104-88(125)73(50)103-86(123)61(36-69(98)115)102-89(75)126/h10-27,29-35,40,43-44,60-61,68,70,72-78,80-81,83-84,92,99-100,112-114,116-121H,28,36-39,41-42H2,1-9H3,(H2,98,115)(H,101,130)(H,102,126)(H,103,123)(H,104,125)(H,105,127)(H,106,122)(H,107,124)(H,128,129)/t44-,60+,61-,68+,70-,72+,73+,74-,75+,76-,77+,78+,80+,81-,83+,84+,92-,95-/m0/s1. The van der Waals surface area contributed by atoms with Gasteiger partial charge in [-0.3, -0.25) is 43.8 Å². The molecule has 1 aromatic heterocycles. The number of phenols is 3. The summed E-state index contributed by atoms with van der Waals surface area (Å²) in [4.78, 5) is 135. The van der Waals surface area contributed by atoms with Gasteiger partial charge < -0.3 is 132 Å². The number of benzene rings is 8. The van der Waals surface area contributed by atoms with E-state index in [1.165, 1.54) is 23.9 Å². The summed E-state index contributed by atoms with van der Waals surface area (Å²) < 4.78 is 46.7. The second-order valence-electron chi connectivity index (χ2n) is 35.8. The number of ether oxygens (including phenoxy) is 7. The molecular formula is C95H106Cl2N14O26. The Morgan fingerprint density at radius 1 is 0.701 bits per heavy atom. The zero-order chi connectivity index (χ0) is 98.7. The molecule has 0 spiro atoms. The van der Waals surface area contributed by atoms with E-state index in [0.29, 0.717) is 17.1 Å². The number of carboxylic acid groups (broad SMARTS) is 1. The lowest BCUT2D eigenvalue weighted by atomic mass is 9.84. The average Bonchev–Trinajstić information content (AvgIpc) is 0.771. The number of rotatable bonds is 23. The smallest absolute Gasteiger partial charge is 0.412 e. The number of fused-ring (bicyclic) bond motifs is 15. The van der Waals surface area contributed by atoms with Crippen LogP contribution in [0.15, 0.2) is 158 Å². The first-order chi connectivity index (χ1) is 65.0. The number of halogens is 2. The minimum atomic E-state index is -2.42. The van der Waals surface area contributed by atoms with Crippen molar-refractivity contribution in [1.29, 1.82) is 0 Å². The summed E-state index contributed by atoms with van der Waals surface area (Å²) in [6.45, 7) is 10.8. The van der Waals surface area contributed by atoms with Crippen molar-refractivity contribution in [3.8, 4) is 73.9 Å². The van der Waals surface area contributed by atoms with Gasteiger partial charge in [-0.2, -0.15) is 0 Å². The fourth-order valence-electron chi connectivity index (χ4n) is 17.0. The van der Waals surface area contributed by atoms with Gasteiger partial charge in [-0.05, 0) is 173 Å². The average molecular weight is 1930 g/mol. The van der Waals surface area contributed by atoms with E-state index in [4.69, 9.17) is 62.1 Å². The van der Waals surface area contributed by atoms with Crippen LogP contribution in [0.1, 0.15) is 143 Å². The Morgan fingerprint density at radius 2 is 1.35 bits per heavy atom. The Labute approximate surface area is 794 Å². The molecule has 0 aliphatic carbocycles. The van der Waals surface area contributed by atoms with Crippen LogP contribution in [0.5, 0.6) is 46.0 Å². The van der Waals surface area contributed by atoms with Crippen LogP contribution in [0.3, 0.4) is 0 Å². The van der Waals surface area contributed by atoms with Crippen molar-refractivity contribution in [2.75, 3.05) is 26.0 Å². The predicted molar refractivity (Wildman–Crippen MR) is 490 cm³/mol. The lowest BCUT2D eigenvalue weighted by Crippen LogP contribution is -2.65. The Hall–Kier alpha value is -13.2. The van der Waals surface area contributed by atoms with Gasteiger partial charge in [-0.1, -0.05) is 121 Å². The Bertz CT molecular complexity index is 6070. The molecule has 9 aromatic rings. The number of carboxylic acids is 1. The number of phenolic OH excluding ortho intramolecular Hbond substituents is 3. The zero-order valence-electron chi connectivity index (χ0n) is 75.5. The maximum atomic E-state index is 16.6. The number of nitrogens with one attached hydrogen (secondary N) is 9. The highest BCUT2D eigenvalue weighted by Gasteiger charge is 2.53. The molecule has 7 aliphatic heterocycles. The number of primary amides is 1. The van der Waals surface area contributed by atoms with Crippen molar-refractivity contribution < 1.29 is 127 Å². The quantitative estimate of drug-likeness (QED) is 0.0340. The summed E-state index contributed by atoms with van der Waals surface area (Å²) in [6.07, 6.45) is -18.2. The van der Waals surface area contributed by atoms with Gasteiger partial charge in [0.15, 0.2) is 29.9 Å². The van der Waals surface area contributed by atoms with Crippen LogP contribution in [0.4, 0.5) is 10.5 Å². The summed E-state index contributed by atoms with van der Waals surface area (Å²) in [5.74, 6) is -16.5. The first-order valence-corrected chi connectivity index (χ1v) is 44.6. The first kappa shape index (κ1) is 99.8. The van der Waals surface area contributed by atoms with Gasteiger partial charge >= 0.3 is 12.1 Å². The fraction of sp³-hybridized carbons (Fsp3) is 0.379. The third kappa shape index (κ3) is 22.6. The second-order valence-corrected chi connectivity index (χ2v) is 36.6. The van der Waals surface area contributed by atoms with E-state index < -0.39 is 261 Å². The molecule has 40 nitrogen and oxygen atoms in total. The molecule has 726 valence electrons. The SMILES string of the molecule is CN[C@H](CC(C)C)C(=O)N[C@H]1C(=O)N[C@@H](CC(N)=O)C(=O)N[C@H]2C(=O)N[C@H]3C(=O)N[C@H](C(=O)N[C@H](C(=O)O)c4cc(O)c(CN(C)Cc5cn(-c6cccc(NC(=O)OC(C)(C)C)c6)nn5)c(O)c4-c4cc3ccc4O)[C@H](O)c3ccc(c(Cl)c3)Oc3cc2cc(c3O[C@@H]2O[C@H](CO)[C@@H](O)[C@H](O)[C@H]2O[C@H]2C[C@](C)(NCc3ccccc3-c3ccccc3)[C@H](O)[C@H](C)O2)Oc2ccc(cc2Cl)[C@H]1O. The highest BCUT2D eigenvalue weighted by Crippen LogP contribution is 2.51. The maximum absolute atomic E-state index is 16.6. The van der Waals surface area contributed by atoms with E-state index in [1.54, 1.807) is 77.0 Å². The number of nitrogens with two attached hydrogens (primary N) is 1. The molecule has 0 saturated carbocycles. The summed E-state index contributed by atoms with van der Waals surface area (Å²) in [6, 6.07) is 21.9. The van der Waals surface area contributed by atoms with Crippen LogP contribution in [-0.4, -0.2) is 230 Å². The molecule has 8 amide bonds. The highest BCUT2D eigenvalue weighted by atomic mass is 35.5. The lowest BCUT2D eigenvalue weighted by molar-refractivity contribution is -0.334. The van der Waals surface area contributed by atoms with Gasteiger partial charge in [0.1, 0.15) is 95.1 Å². The van der Waals surface area contributed by atoms with E-state index in [9.17, 15) is 70.2 Å². The van der Waals surface area contributed by atoms with Crippen molar-refractivity contribution in [3.05, 3.63) is 213 Å². The van der Waals surface area contributed by atoms with E-state index in [0.717, 1.165) is 77.4 Å². The molecule has 7 aliphatic rings. The molecule has 8 heterocycles. The van der Waals surface area contributed by atoms with Crippen molar-refractivity contribution in [3.63, 3.8) is 0 Å². The number of aromatic hydroxyl groups is 3.